The minimum atomic E-state index is -0.102. The Morgan fingerprint density at radius 3 is 2.70 bits per heavy atom. The van der Waals surface area contributed by atoms with Gasteiger partial charge in [-0.2, -0.15) is 0 Å². The fourth-order valence-corrected chi connectivity index (χ4v) is 5.06. The second-order valence-corrected chi connectivity index (χ2v) is 8.75. The number of carbonyl (C=O) groups is 1. The Hall–Kier alpha value is -1.55. The first-order valence-electron chi connectivity index (χ1n) is 10.7. The highest BCUT2D eigenvalue weighted by atomic mass is 16.5. The number of ether oxygens (including phenoxy) is 2. The number of nitrogens with one attached hydrogen (secondary N) is 1. The van der Waals surface area contributed by atoms with E-state index in [9.17, 15) is 4.79 Å². The lowest BCUT2D eigenvalue weighted by Crippen LogP contribution is -2.32. The third-order valence-corrected chi connectivity index (χ3v) is 6.80. The van der Waals surface area contributed by atoms with Crippen LogP contribution >= 0.6 is 0 Å². The minimum absolute atomic E-state index is 0.102. The number of benzene rings is 1. The number of hydrogen-bond donors (Lipinski definition) is 1. The maximum absolute atomic E-state index is 12.2. The summed E-state index contributed by atoms with van der Waals surface area (Å²) in [5.74, 6) is 2.49. The molecule has 4 nitrogen and oxygen atoms in total. The van der Waals surface area contributed by atoms with Gasteiger partial charge in [0, 0.05) is 0 Å². The van der Waals surface area contributed by atoms with E-state index in [2.05, 4.69) is 23.5 Å². The fraction of sp³-hybridized carbons (Fsp3) is 0.696. The molecule has 0 radical (unpaired) electrons. The first-order valence-corrected chi connectivity index (χ1v) is 10.7. The van der Waals surface area contributed by atoms with E-state index < -0.39 is 0 Å². The van der Waals surface area contributed by atoms with Crippen LogP contribution in [0.4, 0.5) is 0 Å². The lowest BCUT2D eigenvalue weighted by molar-refractivity contribution is -0.145. The van der Waals surface area contributed by atoms with Gasteiger partial charge in [0.2, 0.25) is 0 Å². The van der Waals surface area contributed by atoms with Gasteiger partial charge in [0.25, 0.3) is 0 Å². The average Bonchev–Trinajstić information content (AvgIpc) is 3.53. The summed E-state index contributed by atoms with van der Waals surface area (Å²) in [6.07, 6.45) is 8.71. The second kappa shape index (κ2) is 8.22. The standard InChI is InChI=1S/C23H33NO3/c1-15(23(25)26-2)22(18-4-5-18)19-6-3-17-7-8-20(27-21(17)14-19)13-16-9-11-24-12-10-16/h3,6,14-16,18,20,22,24H,4-5,7-13H2,1-2H3. The first-order chi connectivity index (χ1) is 13.2. The molecule has 148 valence electrons. The van der Waals surface area contributed by atoms with Gasteiger partial charge in [-0.25, -0.2) is 0 Å². The Morgan fingerprint density at radius 2 is 2.00 bits per heavy atom. The Bertz CT molecular complexity index is 664. The molecule has 1 aromatic rings. The number of rotatable bonds is 6. The van der Waals surface area contributed by atoms with Gasteiger partial charge >= 0.3 is 5.97 Å². The smallest absolute Gasteiger partial charge is 0.309 e. The van der Waals surface area contributed by atoms with Crippen molar-refractivity contribution in [3.63, 3.8) is 0 Å². The van der Waals surface area contributed by atoms with Crippen LogP contribution in [0.15, 0.2) is 18.2 Å². The molecule has 27 heavy (non-hydrogen) atoms. The molecule has 1 saturated carbocycles. The topological polar surface area (TPSA) is 47.6 Å². The quantitative estimate of drug-likeness (QED) is 0.766. The van der Waals surface area contributed by atoms with Crippen LogP contribution in [0.3, 0.4) is 0 Å². The maximum Gasteiger partial charge on any atom is 0.309 e. The molecule has 2 heterocycles. The van der Waals surface area contributed by atoms with Crippen LogP contribution < -0.4 is 10.1 Å². The van der Waals surface area contributed by atoms with Crippen LogP contribution in [-0.4, -0.2) is 32.3 Å². The normalized spacial score (nSPS) is 25.2. The van der Waals surface area contributed by atoms with Gasteiger partial charge in [-0.3, -0.25) is 4.79 Å². The summed E-state index contributed by atoms with van der Waals surface area (Å²) in [5.41, 5.74) is 2.57. The van der Waals surface area contributed by atoms with Gasteiger partial charge in [0.15, 0.2) is 0 Å². The van der Waals surface area contributed by atoms with Gasteiger partial charge in [-0.05, 0) is 93.0 Å². The van der Waals surface area contributed by atoms with E-state index in [1.165, 1.54) is 50.3 Å². The minimum Gasteiger partial charge on any atom is -0.490 e. The van der Waals surface area contributed by atoms with Crippen LogP contribution in [0, 0.1) is 17.8 Å². The molecule has 0 aromatic heterocycles. The molecule has 3 unspecified atom stereocenters. The van der Waals surface area contributed by atoms with Crippen molar-refractivity contribution >= 4 is 5.97 Å². The molecule has 1 aliphatic carbocycles. The van der Waals surface area contributed by atoms with Crippen molar-refractivity contribution in [1.82, 2.24) is 5.32 Å². The van der Waals surface area contributed by atoms with Crippen molar-refractivity contribution in [3.05, 3.63) is 29.3 Å². The third-order valence-electron chi connectivity index (χ3n) is 6.80. The summed E-state index contributed by atoms with van der Waals surface area (Å²) in [6, 6.07) is 6.68. The molecule has 1 aromatic carbocycles. The number of methoxy groups -OCH3 is 1. The summed E-state index contributed by atoms with van der Waals surface area (Å²) in [6.45, 7) is 4.30. The van der Waals surface area contributed by atoms with E-state index in [4.69, 9.17) is 9.47 Å². The highest BCUT2D eigenvalue weighted by Crippen LogP contribution is 2.48. The highest BCUT2D eigenvalue weighted by Gasteiger charge is 2.39. The van der Waals surface area contributed by atoms with Crippen LogP contribution in [0.2, 0.25) is 0 Å². The molecule has 3 aliphatic rings. The monoisotopic (exact) mass is 371 g/mol. The van der Waals surface area contributed by atoms with Crippen LogP contribution in [0.25, 0.3) is 0 Å². The van der Waals surface area contributed by atoms with Crippen molar-refractivity contribution < 1.29 is 14.3 Å². The van der Waals surface area contributed by atoms with Crippen LogP contribution in [0.5, 0.6) is 5.75 Å². The summed E-state index contributed by atoms with van der Waals surface area (Å²) < 4.78 is 11.5. The van der Waals surface area contributed by atoms with E-state index in [0.717, 1.165) is 37.6 Å². The Morgan fingerprint density at radius 1 is 1.22 bits per heavy atom. The molecule has 1 saturated heterocycles. The maximum atomic E-state index is 12.2. The first kappa shape index (κ1) is 18.8. The lowest BCUT2D eigenvalue weighted by Gasteiger charge is -2.32. The Balaban J connectivity index is 1.48. The second-order valence-electron chi connectivity index (χ2n) is 8.75. The van der Waals surface area contributed by atoms with Crippen molar-refractivity contribution in [3.8, 4) is 5.75 Å². The predicted molar refractivity (Wildman–Crippen MR) is 106 cm³/mol. The molecule has 4 heteroatoms. The molecule has 0 bridgehead atoms. The van der Waals surface area contributed by atoms with Gasteiger partial charge < -0.3 is 14.8 Å². The number of carbonyl (C=O) groups excluding carboxylic acids is 1. The van der Waals surface area contributed by atoms with Gasteiger partial charge in [0.1, 0.15) is 5.75 Å². The molecular formula is C23H33NO3. The zero-order valence-electron chi connectivity index (χ0n) is 16.7. The van der Waals surface area contributed by atoms with Crippen LogP contribution in [-0.2, 0) is 16.0 Å². The van der Waals surface area contributed by atoms with Gasteiger partial charge in [0.05, 0.1) is 19.1 Å². The highest BCUT2D eigenvalue weighted by molar-refractivity contribution is 5.73. The summed E-state index contributed by atoms with van der Waals surface area (Å²) in [5, 5.41) is 3.45. The molecule has 3 atom stereocenters. The molecular weight excluding hydrogens is 338 g/mol. The van der Waals surface area contributed by atoms with Crippen molar-refractivity contribution in [1.29, 1.82) is 0 Å². The van der Waals surface area contributed by atoms with Crippen molar-refractivity contribution in [2.24, 2.45) is 17.8 Å². The Labute approximate surface area is 163 Å². The molecule has 2 aliphatic heterocycles. The number of esters is 1. The summed E-state index contributed by atoms with van der Waals surface area (Å²) >= 11 is 0. The average molecular weight is 372 g/mol. The Kier molecular flexibility index (Phi) is 5.72. The molecule has 0 amide bonds. The molecule has 0 spiro atoms. The zero-order chi connectivity index (χ0) is 18.8. The lowest BCUT2D eigenvalue weighted by atomic mass is 9.82. The zero-order valence-corrected chi connectivity index (χ0v) is 16.7. The number of piperidine rings is 1. The SMILES string of the molecule is COC(=O)C(C)C(c1ccc2c(c1)OC(CC1CCNCC1)CC2)C1CC1. The molecule has 4 rings (SSSR count). The predicted octanol–water partition coefficient (Wildman–Crippen LogP) is 4.07. The van der Waals surface area contributed by atoms with Crippen molar-refractivity contribution in [2.75, 3.05) is 20.2 Å². The van der Waals surface area contributed by atoms with Crippen molar-refractivity contribution in [2.45, 2.75) is 63.9 Å². The number of aryl methyl sites for hydroxylation is 1. The largest absolute Gasteiger partial charge is 0.490 e. The fourth-order valence-electron chi connectivity index (χ4n) is 5.06. The van der Waals surface area contributed by atoms with Gasteiger partial charge in [-0.1, -0.05) is 19.1 Å². The summed E-state index contributed by atoms with van der Waals surface area (Å²) in [4.78, 5) is 12.2. The van der Waals surface area contributed by atoms with E-state index in [0.29, 0.717) is 12.0 Å². The third kappa shape index (κ3) is 4.31. The van der Waals surface area contributed by atoms with E-state index in [1.807, 2.05) is 6.92 Å². The molecule has 2 fully saturated rings. The number of fused-ring (bicyclic) bond motifs is 1. The molecule has 1 N–H and O–H groups in total. The summed E-state index contributed by atoms with van der Waals surface area (Å²) in [7, 11) is 1.49. The van der Waals surface area contributed by atoms with E-state index in [1.54, 1.807) is 0 Å². The number of hydrogen-bond acceptors (Lipinski definition) is 4. The van der Waals surface area contributed by atoms with E-state index in [-0.39, 0.29) is 17.8 Å². The van der Waals surface area contributed by atoms with Crippen LogP contribution in [0.1, 0.15) is 62.5 Å². The van der Waals surface area contributed by atoms with Gasteiger partial charge in [-0.15, -0.1) is 0 Å². The van der Waals surface area contributed by atoms with E-state index >= 15 is 0 Å².